The summed E-state index contributed by atoms with van der Waals surface area (Å²) in [6.07, 6.45) is 3.16. The fraction of sp³-hybridized carbons (Fsp3) is 0.318. The van der Waals surface area contributed by atoms with Gasteiger partial charge in [0.05, 0.1) is 6.42 Å². The van der Waals surface area contributed by atoms with Crippen LogP contribution in [0.1, 0.15) is 43.4 Å². The van der Waals surface area contributed by atoms with Gasteiger partial charge in [-0.25, -0.2) is 0 Å². The predicted octanol–water partition coefficient (Wildman–Crippen LogP) is 3.52. The summed E-state index contributed by atoms with van der Waals surface area (Å²) in [4.78, 5) is 23.7. The van der Waals surface area contributed by atoms with Crippen molar-refractivity contribution in [1.29, 1.82) is 0 Å². The largest absolute Gasteiger partial charge is 0.354 e. The zero-order chi connectivity index (χ0) is 19.5. The van der Waals surface area contributed by atoms with Gasteiger partial charge in [-0.15, -0.1) is 0 Å². The van der Waals surface area contributed by atoms with Gasteiger partial charge < -0.3 is 10.6 Å². The Kier molecular flexibility index (Phi) is 5.10. The van der Waals surface area contributed by atoms with Crippen LogP contribution in [0.5, 0.6) is 0 Å². The van der Waals surface area contributed by atoms with Crippen molar-refractivity contribution in [3.63, 3.8) is 0 Å². The van der Waals surface area contributed by atoms with E-state index in [1.54, 1.807) is 6.92 Å². The molecule has 0 bridgehead atoms. The van der Waals surface area contributed by atoms with Gasteiger partial charge >= 0.3 is 0 Å². The molecule has 1 saturated carbocycles. The van der Waals surface area contributed by atoms with Crippen LogP contribution in [0.2, 0.25) is 0 Å². The molecule has 6 heteroatoms. The molecule has 0 aliphatic heterocycles. The molecule has 0 saturated heterocycles. The fourth-order valence-electron chi connectivity index (χ4n) is 4.10. The number of rotatable bonds is 5. The molecular formula is C22H24N4O2. The lowest BCUT2D eigenvalue weighted by molar-refractivity contribution is -0.119. The Morgan fingerprint density at radius 3 is 2.82 bits per heavy atom. The van der Waals surface area contributed by atoms with E-state index >= 15 is 0 Å². The van der Waals surface area contributed by atoms with E-state index in [2.05, 4.69) is 20.8 Å². The number of benzene rings is 2. The van der Waals surface area contributed by atoms with Gasteiger partial charge in [-0.2, -0.15) is 5.10 Å². The maximum atomic E-state index is 12.5. The van der Waals surface area contributed by atoms with Crippen LogP contribution in [0.15, 0.2) is 48.5 Å². The van der Waals surface area contributed by atoms with Gasteiger partial charge in [0.2, 0.25) is 11.8 Å². The second kappa shape index (κ2) is 7.84. The maximum Gasteiger partial charge on any atom is 0.230 e. The molecule has 2 amide bonds. The van der Waals surface area contributed by atoms with Crippen LogP contribution in [-0.2, 0) is 16.0 Å². The van der Waals surface area contributed by atoms with Crippen molar-refractivity contribution in [2.75, 3.05) is 5.32 Å². The number of hydrogen-bond acceptors (Lipinski definition) is 3. The Balaban J connectivity index is 1.39. The zero-order valence-corrected chi connectivity index (χ0v) is 15.9. The number of amides is 2. The third kappa shape index (κ3) is 4.06. The normalized spacial score (nSPS) is 18.9. The monoisotopic (exact) mass is 376 g/mol. The lowest BCUT2D eigenvalue weighted by atomic mass is 10.0. The van der Waals surface area contributed by atoms with E-state index in [-0.39, 0.29) is 17.9 Å². The second-order valence-electron chi connectivity index (χ2n) is 7.48. The third-order valence-corrected chi connectivity index (χ3v) is 5.38. The summed E-state index contributed by atoms with van der Waals surface area (Å²) in [6.45, 7) is 1.55. The minimum absolute atomic E-state index is 0.0108. The molecule has 1 aliphatic carbocycles. The number of nitrogens with zero attached hydrogens (tertiary/aromatic N) is 1. The Morgan fingerprint density at radius 2 is 1.96 bits per heavy atom. The highest BCUT2D eigenvalue weighted by atomic mass is 16.2. The van der Waals surface area contributed by atoms with Crippen molar-refractivity contribution in [3.05, 3.63) is 59.8 Å². The van der Waals surface area contributed by atoms with Crippen molar-refractivity contribution in [2.24, 2.45) is 0 Å². The van der Waals surface area contributed by atoms with E-state index < -0.39 is 0 Å². The number of nitrogens with one attached hydrogen (secondary N) is 3. The number of carbonyl (C=O) groups excluding carboxylic acids is 2. The van der Waals surface area contributed by atoms with Crippen molar-refractivity contribution in [2.45, 2.75) is 44.6 Å². The summed E-state index contributed by atoms with van der Waals surface area (Å²) in [5, 5.41) is 15.4. The van der Waals surface area contributed by atoms with Gasteiger partial charge in [-0.3, -0.25) is 14.7 Å². The smallest absolute Gasteiger partial charge is 0.230 e. The van der Waals surface area contributed by atoms with Gasteiger partial charge in [0, 0.05) is 30.6 Å². The van der Waals surface area contributed by atoms with Gasteiger partial charge in [-0.05, 0) is 35.6 Å². The number of anilines is 1. The summed E-state index contributed by atoms with van der Waals surface area (Å²) in [6, 6.07) is 16.2. The minimum Gasteiger partial charge on any atom is -0.354 e. The zero-order valence-electron chi connectivity index (χ0n) is 15.9. The SMILES string of the molecule is CC(=O)NC1CCC(c2cc(NC(=O)Cc3cccc4ccccc34)n[nH]2)C1. The quantitative estimate of drug-likeness (QED) is 0.637. The molecule has 28 heavy (non-hydrogen) atoms. The van der Waals surface area contributed by atoms with Crippen LogP contribution in [-0.4, -0.2) is 28.1 Å². The molecule has 1 heterocycles. The Hall–Kier alpha value is -3.15. The summed E-state index contributed by atoms with van der Waals surface area (Å²) >= 11 is 0. The van der Waals surface area contributed by atoms with Gasteiger partial charge in [0.15, 0.2) is 5.82 Å². The molecule has 6 nitrogen and oxygen atoms in total. The summed E-state index contributed by atoms with van der Waals surface area (Å²) in [5.41, 5.74) is 2.01. The van der Waals surface area contributed by atoms with Crippen LogP contribution in [0.4, 0.5) is 5.82 Å². The van der Waals surface area contributed by atoms with Crippen molar-refractivity contribution < 1.29 is 9.59 Å². The van der Waals surface area contributed by atoms with Crippen molar-refractivity contribution in [3.8, 4) is 0 Å². The Labute approximate surface area is 163 Å². The first-order valence-electron chi connectivity index (χ1n) is 9.67. The minimum atomic E-state index is -0.0862. The molecular weight excluding hydrogens is 352 g/mol. The van der Waals surface area contributed by atoms with Gasteiger partial charge in [0.25, 0.3) is 0 Å². The standard InChI is InChI=1S/C22H24N4O2/c1-14(27)23-18-10-9-17(11-18)20-13-21(26-25-20)24-22(28)12-16-7-4-6-15-5-2-3-8-19(15)16/h2-8,13,17-18H,9-12H2,1H3,(H,23,27)(H2,24,25,26,28). The molecule has 3 aromatic rings. The highest BCUT2D eigenvalue weighted by Crippen LogP contribution is 2.34. The third-order valence-electron chi connectivity index (χ3n) is 5.38. The first kappa shape index (κ1) is 18.2. The van der Waals surface area contributed by atoms with E-state index in [1.807, 2.05) is 48.5 Å². The molecule has 4 rings (SSSR count). The van der Waals surface area contributed by atoms with E-state index in [9.17, 15) is 9.59 Å². The molecule has 0 spiro atoms. The van der Waals surface area contributed by atoms with E-state index in [4.69, 9.17) is 0 Å². The van der Waals surface area contributed by atoms with Crippen LogP contribution in [0.25, 0.3) is 10.8 Å². The molecule has 2 atom stereocenters. The van der Waals surface area contributed by atoms with Gasteiger partial charge in [0.1, 0.15) is 0 Å². The molecule has 3 N–H and O–H groups in total. The Bertz CT molecular complexity index is 1010. The molecule has 1 fully saturated rings. The highest BCUT2D eigenvalue weighted by Gasteiger charge is 2.27. The highest BCUT2D eigenvalue weighted by molar-refractivity contribution is 5.95. The lowest BCUT2D eigenvalue weighted by Gasteiger charge is -2.10. The summed E-state index contributed by atoms with van der Waals surface area (Å²) < 4.78 is 0. The number of carbonyl (C=O) groups is 2. The van der Waals surface area contributed by atoms with Crippen molar-refractivity contribution in [1.82, 2.24) is 15.5 Å². The second-order valence-corrected chi connectivity index (χ2v) is 7.48. The van der Waals surface area contributed by atoms with Crippen LogP contribution < -0.4 is 10.6 Å². The maximum absolute atomic E-state index is 12.5. The van der Waals surface area contributed by atoms with Gasteiger partial charge in [-0.1, -0.05) is 42.5 Å². The van der Waals surface area contributed by atoms with Crippen LogP contribution >= 0.6 is 0 Å². The number of aromatic nitrogens is 2. The molecule has 2 aromatic carbocycles. The van der Waals surface area contributed by atoms with E-state index in [0.717, 1.165) is 41.3 Å². The van der Waals surface area contributed by atoms with Crippen LogP contribution in [0, 0.1) is 0 Å². The average molecular weight is 376 g/mol. The molecule has 0 radical (unpaired) electrons. The van der Waals surface area contributed by atoms with E-state index in [0.29, 0.717) is 18.2 Å². The summed E-state index contributed by atoms with van der Waals surface area (Å²) in [5.74, 6) is 0.796. The molecule has 144 valence electrons. The molecule has 1 aliphatic rings. The first-order valence-corrected chi connectivity index (χ1v) is 9.67. The van der Waals surface area contributed by atoms with Crippen LogP contribution in [0.3, 0.4) is 0 Å². The average Bonchev–Trinajstić information content (AvgIpc) is 3.31. The Morgan fingerprint density at radius 1 is 1.14 bits per heavy atom. The topological polar surface area (TPSA) is 86.9 Å². The van der Waals surface area contributed by atoms with Crippen molar-refractivity contribution >= 4 is 28.4 Å². The lowest BCUT2D eigenvalue weighted by Crippen LogP contribution is -2.30. The molecule has 2 unspecified atom stereocenters. The first-order chi connectivity index (χ1) is 13.6. The fourth-order valence-corrected chi connectivity index (χ4v) is 4.10. The number of aromatic amines is 1. The number of H-pyrrole nitrogens is 1. The molecule has 1 aromatic heterocycles. The number of fused-ring (bicyclic) bond motifs is 1. The van der Waals surface area contributed by atoms with E-state index in [1.165, 1.54) is 0 Å². The predicted molar refractivity (Wildman–Crippen MR) is 109 cm³/mol. The summed E-state index contributed by atoms with van der Waals surface area (Å²) in [7, 11) is 0. The number of hydrogen-bond donors (Lipinski definition) is 3.